The lowest BCUT2D eigenvalue weighted by atomic mass is 9.96. The average molecular weight is 397 g/mol. The summed E-state index contributed by atoms with van der Waals surface area (Å²) in [6.45, 7) is 2.05. The number of benzene rings is 3. The zero-order valence-electron chi connectivity index (χ0n) is 14.7. The first-order valence-corrected chi connectivity index (χ1v) is 9.45. The fourth-order valence-electron chi connectivity index (χ4n) is 3.03. The van der Waals surface area contributed by atoms with E-state index in [0.717, 1.165) is 11.1 Å². The van der Waals surface area contributed by atoms with Crippen molar-refractivity contribution in [2.45, 2.75) is 18.6 Å². The number of hydrogen-bond donors (Lipinski definition) is 0. The molecule has 0 saturated carbocycles. The Balaban J connectivity index is 1.48. The second-order valence-electron chi connectivity index (χ2n) is 6.61. The Hall–Kier alpha value is -2.26. The van der Waals surface area contributed by atoms with Crippen molar-refractivity contribution in [2.75, 3.05) is 0 Å². The van der Waals surface area contributed by atoms with E-state index < -0.39 is 5.60 Å². The van der Waals surface area contributed by atoms with Crippen molar-refractivity contribution in [2.24, 2.45) is 0 Å². The van der Waals surface area contributed by atoms with Gasteiger partial charge in [-0.25, -0.2) is 0 Å². The quantitative estimate of drug-likeness (QED) is 0.428. The zero-order valence-corrected chi connectivity index (χ0v) is 16.2. The average Bonchev–Trinajstić information content (AvgIpc) is 3.34. The molecule has 1 aliphatic heterocycles. The molecule has 4 heteroatoms. The minimum atomic E-state index is -0.416. The summed E-state index contributed by atoms with van der Waals surface area (Å²) in [5, 5.41) is 1.30. The van der Waals surface area contributed by atoms with Gasteiger partial charge in [-0.15, -0.1) is 0 Å². The molecule has 2 nitrogen and oxygen atoms in total. The van der Waals surface area contributed by atoms with Gasteiger partial charge in [-0.05, 0) is 48.9 Å². The van der Waals surface area contributed by atoms with Crippen molar-refractivity contribution >= 4 is 29.3 Å². The zero-order chi connectivity index (χ0) is 18.9. The van der Waals surface area contributed by atoms with Gasteiger partial charge in [0.1, 0.15) is 23.2 Å². The summed E-state index contributed by atoms with van der Waals surface area (Å²) < 4.78 is 11.8. The van der Waals surface area contributed by atoms with Crippen LogP contribution < -0.4 is 4.74 Å². The molecule has 3 aromatic rings. The van der Waals surface area contributed by atoms with Gasteiger partial charge in [-0.1, -0.05) is 71.8 Å². The van der Waals surface area contributed by atoms with Crippen LogP contribution in [0.2, 0.25) is 10.0 Å². The molecule has 3 aromatic carbocycles. The van der Waals surface area contributed by atoms with E-state index in [-0.39, 0.29) is 6.10 Å². The van der Waals surface area contributed by atoms with Gasteiger partial charge in [0.25, 0.3) is 0 Å². The third-order valence-corrected chi connectivity index (χ3v) is 5.21. The maximum atomic E-state index is 6.52. The molecule has 4 rings (SSSR count). The maximum Gasteiger partial charge on any atom is 0.128 e. The standard InChI is InChI=1S/C23H18Cl2O2/c1-23(22(27-23)14-7-16-5-3-2-4-6-16)20-13-12-19(15-21(20)25)26-18-10-8-17(24)9-11-18/h2-15,22H,1H3. The van der Waals surface area contributed by atoms with Crippen LogP contribution in [-0.4, -0.2) is 6.10 Å². The summed E-state index contributed by atoms with van der Waals surface area (Å²) in [5.41, 5.74) is 1.68. The molecule has 2 atom stereocenters. The molecule has 0 N–H and O–H groups in total. The highest BCUT2D eigenvalue weighted by Gasteiger charge is 2.53. The second kappa shape index (κ2) is 7.40. The number of epoxide rings is 1. The van der Waals surface area contributed by atoms with E-state index in [0.29, 0.717) is 21.5 Å². The van der Waals surface area contributed by atoms with Gasteiger partial charge in [0.2, 0.25) is 0 Å². The highest BCUT2D eigenvalue weighted by Crippen LogP contribution is 2.49. The first-order chi connectivity index (χ1) is 13.0. The maximum absolute atomic E-state index is 6.52. The van der Waals surface area contributed by atoms with Crippen molar-refractivity contribution in [3.63, 3.8) is 0 Å². The molecule has 0 aromatic heterocycles. The number of hydrogen-bond acceptors (Lipinski definition) is 2. The smallest absolute Gasteiger partial charge is 0.128 e. The molecule has 0 spiro atoms. The molecule has 1 fully saturated rings. The van der Waals surface area contributed by atoms with E-state index >= 15 is 0 Å². The van der Waals surface area contributed by atoms with Crippen LogP contribution in [0.15, 0.2) is 78.9 Å². The third-order valence-electron chi connectivity index (χ3n) is 4.65. The normalized spacial score (nSPS) is 21.4. The highest BCUT2D eigenvalue weighted by molar-refractivity contribution is 6.31. The Morgan fingerprint density at radius 2 is 1.63 bits per heavy atom. The Morgan fingerprint density at radius 1 is 0.926 bits per heavy atom. The Labute approximate surface area is 169 Å². The number of ether oxygens (including phenoxy) is 2. The Kier molecular flexibility index (Phi) is 4.96. The molecule has 0 aliphatic carbocycles. The van der Waals surface area contributed by atoms with Crippen LogP contribution in [0.3, 0.4) is 0 Å². The van der Waals surface area contributed by atoms with Gasteiger partial charge in [0.05, 0.1) is 5.02 Å². The molecule has 0 bridgehead atoms. The molecular formula is C23H18Cl2O2. The fraction of sp³-hybridized carbons (Fsp3) is 0.130. The summed E-state index contributed by atoms with van der Waals surface area (Å²) in [5.74, 6) is 1.38. The van der Waals surface area contributed by atoms with E-state index in [4.69, 9.17) is 32.7 Å². The van der Waals surface area contributed by atoms with E-state index in [1.165, 1.54) is 0 Å². The summed E-state index contributed by atoms with van der Waals surface area (Å²) in [4.78, 5) is 0. The van der Waals surface area contributed by atoms with Crippen LogP contribution in [0.1, 0.15) is 18.1 Å². The number of halogens is 2. The minimum absolute atomic E-state index is 0.00163. The molecule has 136 valence electrons. The first-order valence-electron chi connectivity index (χ1n) is 8.69. The lowest BCUT2D eigenvalue weighted by molar-refractivity contribution is 0.320. The number of rotatable bonds is 5. The fourth-order valence-corrected chi connectivity index (χ4v) is 3.52. The summed E-state index contributed by atoms with van der Waals surface area (Å²) >= 11 is 12.4. The lowest BCUT2D eigenvalue weighted by Crippen LogP contribution is -2.07. The largest absolute Gasteiger partial charge is 0.457 e. The predicted octanol–water partition coefficient (Wildman–Crippen LogP) is 7.11. The van der Waals surface area contributed by atoms with Crippen molar-refractivity contribution in [1.82, 2.24) is 0 Å². The van der Waals surface area contributed by atoms with Gasteiger partial charge >= 0.3 is 0 Å². The van der Waals surface area contributed by atoms with Gasteiger partial charge < -0.3 is 9.47 Å². The van der Waals surface area contributed by atoms with Gasteiger partial charge in [-0.3, -0.25) is 0 Å². The van der Waals surface area contributed by atoms with Gasteiger partial charge in [-0.2, -0.15) is 0 Å². The van der Waals surface area contributed by atoms with Crippen LogP contribution in [-0.2, 0) is 10.3 Å². The first kappa shape index (κ1) is 18.1. The van der Waals surface area contributed by atoms with E-state index in [1.54, 1.807) is 12.1 Å². The summed E-state index contributed by atoms with van der Waals surface area (Å²) in [6, 6.07) is 23.1. The topological polar surface area (TPSA) is 21.8 Å². The lowest BCUT2D eigenvalue weighted by Gasteiger charge is -2.12. The van der Waals surface area contributed by atoms with Crippen molar-refractivity contribution in [1.29, 1.82) is 0 Å². The van der Waals surface area contributed by atoms with Crippen LogP contribution >= 0.6 is 23.2 Å². The van der Waals surface area contributed by atoms with Crippen molar-refractivity contribution < 1.29 is 9.47 Å². The molecule has 2 unspecified atom stereocenters. The predicted molar refractivity (Wildman–Crippen MR) is 111 cm³/mol. The van der Waals surface area contributed by atoms with E-state index in [9.17, 15) is 0 Å². The Morgan fingerprint density at radius 3 is 2.33 bits per heavy atom. The Bertz CT molecular complexity index is 967. The van der Waals surface area contributed by atoms with E-state index in [2.05, 4.69) is 24.3 Å². The van der Waals surface area contributed by atoms with Crippen LogP contribution in [0.5, 0.6) is 11.5 Å². The van der Waals surface area contributed by atoms with Crippen LogP contribution in [0.4, 0.5) is 0 Å². The van der Waals surface area contributed by atoms with Crippen molar-refractivity contribution in [3.8, 4) is 11.5 Å². The molecule has 1 saturated heterocycles. The molecule has 1 aliphatic rings. The highest BCUT2D eigenvalue weighted by atomic mass is 35.5. The summed E-state index contributed by atoms with van der Waals surface area (Å²) in [6.07, 6.45) is 4.14. The monoisotopic (exact) mass is 396 g/mol. The van der Waals surface area contributed by atoms with Gasteiger partial charge in [0.15, 0.2) is 0 Å². The molecule has 27 heavy (non-hydrogen) atoms. The molecular weight excluding hydrogens is 379 g/mol. The molecule has 0 radical (unpaired) electrons. The summed E-state index contributed by atoms with van der Waals surface area (Å²) in [7, 11) is 0. The minimum Gasteiger partial charge on any atom is -0.457 e. The van der Waals surface area contributed by atoms with Gasteiger partial charge in [0, 0.05) is 10.6 Å². The van der Waals surface area contributed by atoms with Crippen molar-refractivity contribution in [3.05, 3.63) is 100 Å². The van der Waals surface area contributed by atoms with E-state index in [1.807, 2.05) is 55.5 Å². The van der Waals surface area contributed by atoms with Crippen LogP contribution in [0.25, 0.3) is 6.08 Å². The molecule has 1 heterocycles. The SMILES string of the molecule is CC1(c2ccc(Oc3ccc(Cl)cc3)cc2Cl)OC1C=Cc1ccccc1. The molecule has 0 amide bonds. The van der Waals surface area contributed by atoms with Crippen LogP contribution in [0, 0.1) is 0 Å². The second-order valence-corrected chi connectivity index (χ2v) is 7.46. The third kappa shape index (κ3) is 4.03.